The van der Waals surface area contributed by atoms with Crippen LogP contribution < -0.4 is 22.2 Å². The maximum Gasteiger partial charge on any atom is 0.187 e. The van der Waals surface area contributed by atoms with Crippen molar-refractivity contribution in [3.63, 3.8) is 0 Å². The van der Waals surface area contributed by atoms with Crippen LogP contribution in [0.4, 0.5) is 17.9 Å². The van der Waals surface area contributed by atoms with E-state index in [1.165, 1.54) is 22.2 Å². The van der Waals surface area contributed by atoms with E-state index < -0.39 is 130 Å². The van der Waals surface area contributed by atoms with E-state index in [0.29, 0.717) is 0 Å². The molecule has 1 aliphatic carbocycles. The lowest BCUT2D eigenvalue weighted by molar-refractivity contribution is -0.379. The van der Waals surface area contributed by atoms with Gasteiger partial charge in [-0.1, -0.05) is 0 Å². The third-order valence-electron chi connectivity index (χ3n) is 8.03. The maximum absolute atomic E-state index is 13.9. The Hall–Kier alpha value is -1.00. The molecule has 0 aromatic rings. The molecular weight excluding hydrogens is 632 g/mol. The van der Waals surface area contributed by atoms with Crippen LogP contribution in [0.15, 0.2) is 0 Å². The number of hydrogen-bond acceptors (Lipinski definition) is 18. The van der Waals surface area contributed by atoms with E-state index in [4.69, 9.17) is 28.7 Å². The van der Waals surface area contributed by atoms with Crippen LogP contribution >= 0.6 is 0 Å². The van der Waals surface area contributed by atoms with Crippen LogP contribution in [-0.2, 0) is 28.7 Å². The summed E-state index contributed by atoms with van der Waals surface area (Å²) in [7, 11) is 0. The molecule has 0 amide bonds. The largest absolute Gasteiger partial charge is 0.394 e. The zero-order valence-electron chi connectivity index (χ0n) is 23.9. The lowest BCUT2D eigenvalue weighted by Crippen LogP contribution is -2.65. The normalized spacial score (nSPS) is 41.9. The highest BCUT2D eigenvalue weighted by atomic mass is 19.2. The number of hydrogen-bond donors (Lipinski definition) is 12. The second-order valence-corrected chi connectivity index (χ2v) is 11.1. The van der Waals surface area contributed by atoms with Crippen molar-refractivity contribution in [2.45, 2.75) is 124 Å². The zero-order valence-corrected chi connectivity index (χ0v) is 23.9. The molecule has 2 saturated heterocycles. The van der Waals surface area contributed by atoms with Crippen molar-refractivity contribution in [2.24, 2.45) is 0 Å². The average Bonchev–Trinajstić information content (AvgIpc) is 3.34. The first kappa shape index (κ1) is 38.4. The minimum atomic E-state index is -1.94. The fraction of sp³-hybridized carbons (Fsp3) is 1.00. The smallest absolute Gasteiger partial charge is 0.187 e. The van der Waals surface area contributed by atoms with Crippen LogP contribution in [0.25, 0.3) is 0 Å². The Balaban J connectivity index is 1.77. The fourth-order valence-electron chi connectivity index (χ4n) is 5.32. The quantitative estimate of drug-likeness (QED) is 0.0298. The summed E-state index contributed by atoms with van der Waals surface area (Å²) < 4.78 is 75.5. The Labute approximate surface area is 253 Å². The van der Waals surface area contributed by atoms with E-state index in [2.05, 4.69) is 0 Å². The van der Waals surface area contributed by atoms with E-state index >= 15 is 0 Å². The summed E-state index contributed by atoms with van der Waals surface area (Å²) >= 11 is 0. The minimum Gasteiger partial charge on any atom is -0.394 e. The summed E-state index contributed by atoms with van der Waals surface area (Å²) in [6.07, 6.45) is -23.7. The average molecular weight is 675 g/mol. The van der Waals surface area contributed by atoms with Crippen molar-refractivity contribution < 1.29 is 87.5 Å². The summed E-state index contributed by atoms with van der Waals surface area (Å²) in [5, 5.41) is 81.5. The van der Waals surface area contributed by atoms with Gasteiger partial charge in [0.25, 0.3) is 0 Å². The van der Waals surface area contributed by atoms with Crippen molar-refractivity contribution in [2.75, 3.05) is 19.8 Å². The molecule has 12 N–H and O–H groups in total. The minimum absolute atomic E-state index is 0.362. The van der Waals surface area contributed by atoms with Crippen molar-refractivity contribution in [3.8, 4) is 0 Å². The van der Waals surface area contributed by atoms with E-state index in [-0.39, 0.29) is 6.42 Å². The van der Waals surface area contributed by atoms with Gasteiger partial charge >= 0.3 is 0 Å². The lowest BCUT2D eigenvalue weighted by Gasteiger charge is -2.46. The molecule has 18 nitrogen and oxygen atoms in total. The second-order valence-electron chi connectivity index (χ2n) is 11.1. The van der Waals surface area contributed by atoms with Gasteiger partial charge in [0, 0.05) is 6.42 Å². The number of rotatable bonds is 17. The van der Waals surface area contributed by atoms with Gasteiger partial charge in [-0.2, -0.15) is 22.2 Å². The van der Waals surface area contributed by atoms with Crippen LogP contribution in [0, 0.1) is 0 Å². The van der Waals surface area contributed by atoms with Crippen molar-refractivity contribution in [1.82, 2.24) is 22.2 Å². The summed E-state index contributed by atoms with van der Waals surface area (Å²) in [6, 6.07) is -4.17. The first-order valence-electron chi connectivity index (χ1n) is 14.1. The second kappa shape index (κ2) is 18.0. The van der Waals surface area contributed by atoms with E-state index in [1.54, 1.807) is 0 Å². The number of aliphatic hydroxyl groups is 8. The number of aliphatic hydroxyl groups excluding tert-OH is 8. The van der Waals surface area contributed by atoms with Gasteiger partial charge in [-0.15, -0.1) is 17.9 Å². The molecule has 2 aliphatic heterocycles. The molecule has 22 heteroatoms. The standard InChI is InChI=1S/C23H42F4N4O14/c1-7(29-25)15(35)18(38)11(4-28-24)44-45-21-13(6-33)41-23(19(21)39)43-22-16(36)8(30-26)2-9(31-27)20(22)42-14-3-10(34)17(37)12(5-32)40-14/h7-23,28-39H,2-6H2,1H3. The predicted octanol–water partition coefficient (Wildman–Crippen LogP) is -5.14. The molecule has 3 rings (SSSR count). The molecule has 266 valence electrons. The highest BCUT2D eigenvalue weighted by Gasteiger charge is 2.53. The van der Waals surface area contributed by atoms with Crippen molar-refractivity contribution in [1.29, 1.82) is 0 Å². The van der Waals surface area contributed by atoms with Gasteiger partial charge in [0.05, 0.1) is 44.0 Å². The van der Waals surface area contributed by atoms with Crippen LogP contribution in [0.2, 0.25) is 0 Å². The Bertz CT molecular complexity index is 872. The summed E-state index contributed by atoms with van der Waals surface area (Å²) in [6.45, 7) is -1.20. The van der Waals surface area contributed by atoms with Crippen LogP contribution in [0.1, 0.15) is 19.8 Å². The molecule has 17 unspecified atom stereocenters. The SMILES string of the molecule is CC(NF)C(O)C(O)C(CNF)OOC1C(CO)OC(OC2C(O)C(NF)CC(NF)C2OC2CC(O)C(O)C(CO)O2)C1O. The Morgan fingerprint density at radius 1 is 0.778 bits per heavy atom. The zero-order chi connectivity index (χ0) is 33.4. The molecule has 0 aromatic heterocycles. The fourth-order valence-corrected chi connectivity index (χ4v) is 5.32. The molecule has 0 bridgehead atoms. The molecule has 0 aromatic carbocycles. The van der Waals surface area contributed by atoms with Gasteiger partial charge < -0.3 is 59.8 Å². The number of ether oxygens (including phenoxy) is 4. The summed E-state index contributed by atoms with van der Waals surface area (Å²) in [4.78, 5) is 10.1. The number of nitrogens with one attached hydrogen (secondary N) is 4. The van der Waals surface area contributed by atoms with Crippen molar-refractivity contribution in [3.05, 3.63) is 0 Å². The molecule has 17 atom stereocenters. The summed E-state index contributed by atoms with van der Waals surface area (Å²) in [5.74, 6) is 0. The molecule has 2 heterocycles. The lowest BCUT2D eigenvalue weighted by atomic mass is 9.84. The third-order valence-corrected chi connectivity index (χ3v) is 8.03. The van der Waals surface area contributed by atoms with Crippen LogP contribution in [0.5, 0.6) is 0 Å². The first-order chi connectivity index (χ1) is 21.4. The van der Waals surface area contributed by atoms with E-state index in [9.17, 15) is 58.8 Å². The van der Waals surface area contributed by atoms with Gasteiger partial charge in [-0.3, -0.25) is 0 Å². The van der Waals surface area contributed by atoms with E-state index in [0.717, 1.165) is 6.92 Å². The van der Waals surface area contributed by atoms with E-state index in [1.807, 2.05) is 0 Å². The molecule has 0 spiro atoms. The highest BCUT2D eigenvalue weighted by Crippen LogP contribution is 2.34. The topological polar surface area (TPSA) is 265 Å². The molecule has 0 radical (unpaired) electrons. The third kappa shape index (κ3) is 9.13. The molecule has 1 saturated carbocycles. The van der Waals surface area contributed by atoms with Gasteiger partial charge in [-0.05, 0) is 13.3 Å². The Morgan fingerprint density at radius 2 is 1.44 bits per heavy atom. The maximum atomic E-state index is 13.9. The Kier molecular flexibility index (Phi) is 15.3. The van der Waals surface area contributed by atoms with Crippen molar-refractivity contribution >= 4 is 0 Å². The molecular formula is C23H42F4N4O14. The number of halogens is 4. The molecule has 3 aliphatic rings. The first-order valence-corrected chi connectivity index (χ1v) is 14.1. The summed E-state index contributed by atoms with van der Waals surface area (Å²) in [5.41, 5.74) is 5.11. The molecule has 3 fully saturated rings. The monoisotopic (exact) mass is 674 g/mol. The predicted molar refractivity (Wildman–Crippen MR) is 135 cm³/mol. The van der Waals surface area contributed by atoms with Gasteiger partial charge in [0.15, 0.2) is 18.7 Å². The Morgan fingerprint density at radius 3 is 2.02 bits per heavy atom. The highest BCUT2D eigenvalue weighted by molar-refractivity contribution is 5.01. The van der Waals surface area contributed by atoms with Crippen LogP contribution in [0.3, 0.4) is 0 Å². The van der Waals surface area contributed by atoms with Crippen LogP contribution in [-0.4, -0.2) is 165 Å². The van der Waals surface area contributed by atoms with Gasteiger partial charge in [0.1, 0.15) is 61.0 Å². The van der Waals surface area contributed by atoms with Gasteiger partial charge in [-0.25, -0.2) is 9.78 Å². The molecule has 45 heavy (non-hydrogen) atoms. The van der Waals surface area contributed by atoms with Gasteiger partial charge in [0.2, 0.25) is 0 Å².